The van der Waals surface area contributed by atoms with Crippen molar-refractivity contribution in [2.24, 2.45) is 0 Å². The second kappa shape index (κ2) is 5.65. The summed E-state index contributed by atoms with van der Waals surface area (Å²) in [5, 5.41) is 2.63. The van der Waals surface area contributed by atoms with Crippen molar-refractivity contribution in [3.05, 3.63) is 17.7 Å². The van der Waals surface area contributed by atoms with Gasteiger partial charge in [0.15, 0.2) is 0 Å². The van der Waals surface area contributed by atoms with Crippen LogP contribution in [0.2, 0.25) is 0 Å². The van der Waals surface area contributed by atoms with Crippen LogP contribution in [0.15, 0.2) is 6.33 Å². The van der Waals surface area contributed by atoms with E-state index in [2.05, 4.69) is 20.2 Å². The molecule has 0 spiro atoms. The van der Waals surface area contributed by atoms with Crippen LogP contribution >= 0.6 is 0 Å². The molecule has 0 aliphatic heterocycles. The average molecular weight is 224 g/mol. The molecule has 1 aromatic rings. The Hall–Kier alpha value is -1.36. The predicted octanol–water partition coefficient (Wildman–Crippen LogP) is 0.675. The van der Waals surface area contributed by atoms with Crippen molar-refractivity contribution in [2.75, 3.05) is 14.1 Å². The van der Waals surface area contributed by atoms with E-state index in [0.29, 0.717) is 6.42 Å². The minimum absolute atomic E-state index is 0.0677. The normalized spacial score (nSPS) is 12.8. The third kappa shape index (κ3) is 3.34. The molecule has 0 aromatic carbocycles. The first-order valence-electron chi connectivity index (χ1n) is 5.44. The topological polar surface area (TPSA) is 61.0 Å². The maximum Gasteiger partial charge on any atom is 0.221 e. The highest BCUT2D eigenvalue weighted by molar-refractivity contribution is 5.76. The van der Waals surface area contributed by atoms with E-state index < -0.39 is 0 Å². The van der Waals surface area contributed by atoms with Gasteiger partial charge in [-0.05, 0) is 20.9 Å². The first-order valence-corrected chi connectivity index (χ1v) is 5.44. The molecule has 1 atom stereocenters. The summed E-state index contributed by atoms with van der Waals surface area (Å²) in [6.07, 6.45) is 2.21. The highest BCUT2D eigenvalue weighted by atomic mass is 16.1. The SMILES string of the molecule is CNC(=O)C[C@@H](C)N(C)Cc1nc[nH]c1C. The Kier molecular flexibility index (Phi) is 4.49. The van der Waals surface area contributed by atoms with Crippen molar-refractivity contribution < 1.29 is 4.79 Å². The number of nitrogens with one attached hydrogen (secondary N) is 2. The third-order valence-electron chi connectivity index (χ3n) is 2.85. The number of imidazole rings is 1. The molecule has 5 nitrogen and oxygen atoms in total. The van der Waals surface area contributed by atoms with E-state index in [4.69, 9.17) is 0 Å². The smallest absolute Gasteiger partial charge is 0.221 e. The Morgan fingerprint density at radius 3 is 2.88 bits per heavy atom. The Labute approximate surface area is 96.3 Å². The third-order valence-corrected chi connectivity index (χ3v) is 2.85. The summed E-state index contributed by atoms with van der Waals surface area (Å²) in [5.41, 5.74) is 2.12. The lowest BCUT2D eigenvalue weighted by atomic mass is 10.2. The maximum absolute atomic E-state index is 11.2. The predicted molar refractivity (Wildman–Crippen MR) is 62.9 cm³/mol. The molecule has 2 N–H and O–H groups in total. The second-order valence-electron chi connectivity index (χ2n) is 4.12. The molecule has 0 saturated heterocycles. The molecule has 1 amide bonds. The fourth-order valence-corrected chi connectivity index (χ4v) is 1.46. The Bertz CT molecular complexity index is 348. The summed E-state index contributed by atoms with van der Waals surface area (Å²) in [7, 11) is 3.66. The molecule has 0 unspecified atom stereocenters. The van der Waals surface area contributed by atoms with Crippen molar-refractivity contribution in [3.63, 3.8) is 0 Å². The molecular formula is C11H20N4O. The highest BCUT2D eigenvalue weighted by Crippen LogP contribution is 2.08. The van der Waals surface area contributed by atoms with Crippen LogP contribution in [-0.2, 0) is 11.3 Å². The number of carbonyl (C=O) groups excluding carboxylic acids is 1. The van der Waals surface area contributed by atoms with Crippen LogP contribution in [0.4, 0.5) is 0 Å². The lowest BCUT2D eigenvalue weighted by Gasteiger charge is -2.23. The molecule has 1 aromatic heterocycles. The number of aromatic amines is 1. The van der Waals surface area contributed by atoms with Crippen molar-refractivity contribution >= 4 is 5.91 Å². The molecule has 0 bridgehead atoms. The number of amides is 1. The minimum atomic E-state index is 0.0677. The number of rotatable bonds is 5. The number of hydrogen-bond acceptors (Lipinski definition) is 3. The lowest BCUT2D eigenvalue weighted by Crippen LogP contribution is -2.34. The monoisotopic (exact) mass is 224 g/mol. The van der Waals surface area contributed by atoms with Gasteiger partial charge in [0.2, 0.25) is 5.91 Å². The molecule has 0 aliphatic carbocycles. The molecule has 16 heavy (non-hydrogen) atoms. The van der Waals surface area contributed by atoms with Crippen molar-refractivity contribution in [1.29, 1.82) is 0 Å². The summed E-state index contributed by atoms with van der Waals surface area (Å²) in [6.45, 7) is 4.80. The van der Waals surface area contributed by atoms with Crippen LogP contribution in [0, 0.1) is 6.92 Å². The molecule has 90 valence electrons. The molecule has 0 saturated carbocycles. The molecule has 1 heterocycles. The number of aromatic nitrogens is 2. The second-order valence-corrected chi connectivity index (χ2v) is 4.12. The van der Waals surface area contributed by atoms with E-state index in [9.17, 15) is 4.79 Å². The van der Waals surface area contributed by atoms with Gasteiger partial charge in [-0.3, -0.25) is 9.69 Å². The minimum Gasteiger partial charge on any atom is -0.359 e. The van der Waals surface area contributed by atoms with E-state index in [-0.39, 0.29) is 11.9 Å². The Balaban J connectivity index is 2.49. The summed E-state index contributed by atoms with van der Waals surface area (Å²) >= 11 is 0. The number of aryl methyl sites for hydroxylation is 1. The van der Waals surface area contributed by atoms with E-state index in [1.54, 1.807) is 13.4 Å². The Morgan fingerprint density at radius 1 is 1.69 bits per heavy atom. The molecule has 0 fully saturated rings. The summed E-state index contributed by atoms with van der Waals surface area (Å²) < 4.78 is 0. The quantitative estimate of drug-likeness (QED) is 0.773. The van der Waals surface area contributed by atoms with Crippen LogP contribution < -0.4 is 5.32 Å². The van der Waals surface area contributed by atoms with E-state index in [1.165, 1.54) is 0 Å². The van der Waals surface area contributed by atoms with E-state index in [0.717, 1.165) is 17.9 Å². The van der Waals surface area contributed by atoms with Crippen molar-refractivity contribution in [3.8, 4) is 0 Å². The van der Waals surface area contributed by atoms with Gasteiger partial charge in [0.1, 0.15) is 0 Å². The van der Waals surface area contributed by atoms with Gasteiger partial charge in [0, 0.05) is 31.7 Å². The highest BCUT2D eigenvalue weighted by Gasteiger charge is 2.14. The summed E-state index contributed by atoms with van der Waals surface area (Å²) in [5.74, 6) is 0.0677. The van der Waals surface area contributed by atoms with E-state index in [1.807, 2.05) is 20.9 Å². The zero-order valence-corrected chi connectivity index (χ0v) is 10.4. The van der Waals surface area contributed by atoms with Crippen LogP contribution in [-0.4, -0.2) is 40.9 Å². The summed E-state index contributed by atoms with van der Waals surface area (Å²) in [4.78, 5) is 20.6. The largest absolute Gasteiger partial charge is 0.359 e. The first kappa shape index (κ1) is 12.7. The Morgan fingerprint density at radius 2 is 2.38 bits per heavy atom. The number of nitrogens with zero attached hydrogens (tertiary/aromatic N) is 2. The maximum atomic E-state index is 11.2. The first-order chi connectivity index (χ1) is 7.54. The number of carbonyl (C=O) groups is 1. The summed E-state index contributed by atoms with van der Waals surface area (Å²) in [6, 6.07) is 0.205. The van der Waals surface area contributed by atoms with Gasteiger partial charge >= 0.3 is 0 Å². The zero-order chi connectivity index (χ0) is 12.1. The van der Waals surface area contributed by atoms with Crippen molar-refractivity contribution in [1.82, 2.24) is 20.2 Å². The molecule has 0 radical (unpaired) electrons. The van der Waals surface area contributed by atoms with Gasteiger partial charge in [-0.1, -0.05) is 0 Å². The fourth-order valence-electron chi connectivity index (χ4n) is 1.46. The van der Waals surface area contributed by atoms with E-state index >= 15 is 0 Å². The standard InChI is InChI=1S/C11H20N4O/c1-8(5-11(16)12-3)15(4)6-10-9(2)13-7-14-10/h7-8H,5-6H2,1-4H3,(H,12,16)(H,13,14)/t8-/m1/s1. The van der Waals surface area contributed by atoms with Gasteiger partial charge in [0.05, 0.1) is 12.0 Å². The average Bonchev–Trinajstić information content (AvgIpc) is 2.64. The number of hydrogen-bond donors (Lipinski definition) is 2. The van der Waals surface area contributed by atoms with Gasteiger partial charge < -0.3 is 10.3 Å². The zero-order valence-electron chi connectivity index (χ0n) is 10.4. The number of H-pyrrole nitrogens is 1. The molecule has 1 rings (SSSR count). The van der Waals surface area contributed by atoms with Crippen molar-refractivity contribution in [2.45, 2.75) is 32.9 Å². The lowest BCUT2D eigenvalue weighted by molar-refractivity contribution is -0.121. The van der Waals surface area contributed by atoms with Gasteiger partial charge in [-0.15, -0.1) is 0 Å². The van der Waals surface area contributed by atoms with Gasteiger partial charge in [-0.25, -0.2) is 4.98 Å². The van der Waals surface area contributed by atoms with Crippen LogP contribution in [0.3, 0.4) is 0 Å². The molecule has 0 aliphatic rings. The van der Waals surface area contributed by atoms with Gasteiger partial charge in [-0.2, -0.15) is 0 Å². The van der Waals surface area contributed by atoms with Crippen LogP contribution in [0.5, 0.6) is 0 Å². The van der Waals surface area contributed by atoms with Crippen LogP contribution in [0.1, 0.15) is 24.7 Å². The van der Waals surface area contributed by atoms with Gasteiger partial charge in [0.25, 0.3) is 0 Å². The fraction of sp³-hybridized carbons (Fsp3) is 0.636. The van der Waals surface area contributed by atoms with Crippen LogP contribution in [0.25, 0.3) is 0 Å². The molecule has 5 heteroatoms. The molecular weight excluding hydrogens is 204 g/mol.